The minimum atomic E-state index is 0.592. The number of ether oxygens (including phenoxy) is 1. The van der Waals surface area contributed by atoms with Crippen molar-refractivity contribution in [1.82, 2.24) is 25.4 Å². The Labute approximate surface area is 174 Å². The molecule has 158 valence electrons. The van der Waals surface area contributed by atoms with Crippen LogP contribution < -0.4 is 15.4 Å². The number of aliphatic imine (C=N–C) groups is 1. The van der Waals surface area contributed by atoms with Crippen LogP contribution in [0.25, 0.3) is 0 Å². The highest BCUT2D eigenvalue weighted by molar-refractivity contribution is 5.79. The Morgan fingerprint density at radius 2 is 1.93 bits per heavy atom. The quantitative estimate of drug-likeness (QED) is 0.385. The standard InChI is InChI=1S/C22H34N6O/c1-17-26-27-21(28(17)2)16-25-22(23-14-6-9-18-7-4-5-8-18)24-15-19-10-12-20(29-3)13-11-19/h10-13,18H,4-9,14-16H2,1-3H3,(H2,23,24,25). The molecule has 0 aliphatic heterocycles. The first-order chi connectivity index (χ1) is 14.2. The summed E-state index contributed by atoms with van der Waals surface area (Å²) in [5.41, 5.74) is 1.15. The lowest BCUT2D eigenvalue weighted by atomic mass is 10.0. The molecule has 1 aromatic carbocycles. The van der Waals surface area contributed by atoms with Crippen molar-refractivity contribution < 1.29 is 4.74 Å². The van der Waals surface area contributed by atoms with Gasteiger partial charge >= 0.3 is 0 Å². The zero-order valence-corrected chi connectivity index (χ0v) is 17.9. The number of nitrogens with one attached hydrogen (secondary N) is 2. The van der Waals surface area contributed by atoms with E-state index in [1.54, 1.807) is 7.11 Å². The zero-order chi connectivity index (χ0) is 20.5. The van der Waals surface area contributed by atoms with Crippen LogP contribution in [0.1, 0.15) is 55.7 Å². The number of rotatable bonds is 9. The highest BCUT2D eigenvalue weighted by atomic mass is 16.5. The van der Waals surface area contributed by atoms with Crippen molar-refractivity contribution in [3.63, 3.8) is 0 Å². The van der Waals surface area contributed by atoms with Crippen LogP contribution >= 0.6 is 0 Å². The summed E-state index contributed by atoms with van der Waals surface area (Å²) in [5, 5.41) is 15.2. The van der Waals surface area contributed by atoms with Crippen molar-refractivity contribution in [2.24, 2.45) is 18.0 Å². The summed E-state index contributed by atoms with van der Waals surface area (Å²) in [6.07, 6.45) is 8.11. The normalized spacial score (nSPS) is 14.9. The molecule has 1 heterocycles. The van der Waals surface area contributed by atoms with Crippen LogP contribution in [0.4, 0.5) is 0 Å². The highest BCUT2D eigenvalue weighted by Gasteiger charge is 2.14. The molecule has 1 aliphatic carbocycles. The maximum Gasteiger partial charge on any atom is 0.191 e. The monoisotopic (exact) mass is 398 g/mol. The van der Waals surface area contributed by atoms with Gasteiger partial charge in [-0.15, -0.1) is 10.2 Å². The molecule has 1 aliphatic rings. The Morgan fingerprint density at radius 3 is 2.59 bits per heavy atom. The zero-order valence-electron chi connectivity index (χ0n) is 17.9. The fourth-order valence-electron chi connectivity index (χ4n) is 3.74. The molecule has 3 rings (SSSR count). The Kier molecular flexibility index (Phi) is 7.90. The van der Waals surface area contributed by atoms with Gasteiger partial charge in [0.1, 0.15) is 11.6 Å². The molecule has 2 N–H and O–H groups in total. The van der Waals surface area contributed by atoms with Crippen molar-refractivity contribution >= 4 is 5.96 Å². The van der Waals surface area contributed by atoms with E-state index in [4.69, 9.17) is 9.73 Å². The van der Waals surface area contributed by atoms with E-state index in [-0.39, 0.29) is 0 Å². The van der Waals surface area contributed by atoms with E-state index in [2.05, 4.69) is 20.8 Å². The van der Waals surface area contributed by atoms with Gasteiger partial charge in [0.2, 0.25) is 0 Å². The van der Waals surface area contributed by atoms with Gasteiger partial charge in [-0.2, -0.15) is 0 Å². The van der Waals surface area contributed by atoms with Gasteiger partial charge in [0, 0.05) is 13.6 Å². The molecule has 1 fully saturated rings. The fraction of sp³-hybridized carbons (Fsp3) is 0.591. The lowest BCUT2D eigenvalue weighted by Crippen LogP contribution is -2.38. The van der Waals surface area contributed by atoms with Crippen molar-refractivity contribution in [2.75, 3.05) is 13.7 Å². The summed E-state index contributed by atoms with van der Waals surface area (Å²) < 4.78 is 7.22. The van der Waals surface area contributed by atoms with Crippen LogP contribution in [-0.2, 0) is 20.1 Å². The molecule has 7 nitrogen and oxygen atoms in total. The van der Waals surface area contributed by atoms with Gasteiger partial charge < -0.3 is 19.9 Å². The summed E-state index contributed by atoms with van der Waals surface area (Å²) in [6, 6.07) is 8.03. The van der Waals surface area contributed by atoms with Crippen LogP contribution in [0.15, 0.2) is 29.3 Å². The molecule has 2 aromatic rings. The largest absolute Gasteiger partial charge is 0.497 e. The second kappa shape index (κ2) is 10.8. The average molecular weight is 399 g/mol. The third kappa shape index (κ3) is 6.48. The van der Waals surface area contributed by atoms with E-state index in [0.29, 0.717) is 13.1 Å². The van der Waals surface area contributed by atoms with Gasteiger partial charge in [0.05, 0.1) is 20.2 Å². The van der Waals surface area contributed by atoms with E-state index >= 15 is 0 Å². The number of methoxy groups -OCH3 is 1. The van der Waals surface area contributed by atoms with Crippen molar-refractivity contribution in [3.05, 3.63) is 41.5 Å². The van der Waals surface area contributed by atoms with Crippen molar-refractivity contribution in [1.29, 1.82) is 0 Å². The average Bonchev–Trinajstić information content (AvgIpc) is 3.38. The van der Waals surface area contributed by atoms with Crippen LogP contribution in [0, 0.1) is 12.8 Å². The Balaban J connectivity index is 1.55. The Hall–Kier alpha value is -2.57. The van der Waals surface area contributed by atoms with E-state index in [9.17, 15) is 0 Å². The van der Waals surface area contributed by atoms with E-state index in [0.717, 1.165) is 41.4 Å². The summed E-state index contributed by atoms with van der Waals surface area (Å²) in [4.78, 5) is 4.77. The minimum Gasteiger partial charge on any atom is -0.497 e. The number of benzene rings is 1. The van der Waals surface area contributed by atoms with Crippen LogP contribution in [0.5, 0.6) is 5.75 Å². The molecule has 0 atom stereocenters. The predicted octanol–water partition coefficient (Wildman–Crippen LogP) is 3.34. The van der Waals surface area contributed by atoms with E-state index < -0.39 is 0 Å². The summed E-state index contributed by atoms with van der Waals surface area (Å²) in [7, 11) is 3.66. The number of hydrogen-bond donors (Lipinski definition) is 2. The van der Waals surface area contributed by atoms with Crippen LogP contribution in [0.2, 0.25) is 0 Å². The van der Waals surface area contributed by atoms with E-state index in [1.165, 1.54) is 38.5 Å². The number of nitrogens with zero attached hydrogens (tertiary/aromatic N) is 4. The van der Waals surface area contributed by atoms with Gasteiger partial charge in [-0.1, -0.05) is 37.8 Å². The topological polar surface area (TPSA) is 76.4 Å². The van der Waals surface area contributed by atoms with E-state index in [1.807, 2.05) is 42.8 Å². The molecule has 0 amide bonds. The predicted molar refractivity (Wildman–Crippen MR) is 116 cm³/mol. The molecule has 1 aromatic heterocycles. The molecule has 7 heteroatoms. The fourth-order valence-corrected chi connectivity index (χ4v) is 3.74. The van der Waals surface area contributed by atoms with Gasteiger partial charge in [-0.25, -0.2) is 4.99 Å². The molecule has 29 heavy (non-hydrogen) atoms. The molecule has 1 saturated carbocycles. The van der Waals surface area contributed by atoms with Gasteiger partial charge in [0.25, 0.3) is 0 Å². The van der Waals surface area contributed by atoms with Crippen LogP contribution in [-0.4, -0.2) is 34.4 Å². The molecule has 0 spiro atoms. The van der Waals surface area contributed by atoms with Gasteiger partial charge in [0.15, 0.2) is 11.8 Å². The maximum atomic E-state index is 5.23. The van der Waals surface area contributed by atoms with Crippen molar-refractivity contribution in [2.45, 2.75) is 58.5 Å². The summed E-state index contributed by atoms with van der Waals surface area (Å²) >= 11 is 0. The lowest BCUT2D eigenvalue weighted by molar-refractivity contribution is 0.414. The lowest BCUT2D eigenvalue weighted by Gasteiger charge is -2.14. The van der Waals surface area contributed by atoms with Crippen LogP contribution in [0.3, 0.4) is 0 Å². The third-order valence-electron chi connectivity index (χ3n) is 5.73. The summed E-state index contributed by atoms with van der Waals surface area (Å²) in [6.45, 7) is 4.09. The third-order valence-corrected chi connectivity index (χ3v) is 5.73. The van der Waals surface area contributed by atoms with Gasteiger partial charge in [-0.05, 0) is 43.4 Å². The molecule has 0 radical (unpaired) electrons. The second-order valence-corrected chi connectivity index (χ2v) is 7.81. The Morgan fingerprint density at radius 1 is 1.17 bits per heavy atom. The number of aryl methyl sites for hydroxylation is 1. The minimum absolute atomic E-state index is 0.592. The first-order valence-electron chi connectivity index (χ1n) is 10.7. The molecular weight excluding hydrogens is 364 g/mol. The SMILES string of the molecule is COc1ccc(CN=C(NCCCC2CCCC2)NCc2nnc(C)n2C)cc1. The smallest absolute Gasteiger partial charge is 0.191 e. The number of aromatic nitrogens is 3. The summed E-state index contributed by atoms with van der Waals surface area (Å²) in [5.74, 6) is 4.40. The Bertz CT molecular complexity index is 777. The van der Waals surface area contributed by atoms with Gasteiger partial charge in [-0.3, -0.25) is 0 Å². The molecule has 0 unspecified atom stereocenters. The number of guanidine groups is 1. The molecular formula is C22H34N6O. The number of hydrogen-bond acceptors (Lipinski definition) is 4. The molecule has 0 bridgehead atoms. The molecule has 0 saturated heterocycles. The second-order valence-electron chi connectivity index (χ2n) is 7.81. The first kappa shape index (κ1) is 21.1. The highest BCUT2D eigenvalue weighted by Crippen LogP contribution is 2.28. The van der Waals surface area contributed by atoms with Crippen molar-refractivity contribution in [3.8, 4) is 5.75 Å². The maximum absolute atomic E-state index is 5.23. The first-order valence-corrected chi connectivity index (χ1v) is 10.7.